The molecule has 1 rings (SSSR count). The highest BCUT2D eigenvalue weighted by molar-refractivity contribution is 5.44. The largest absolute Gasteiger partial charge is 0.303 e. The average Bonchev–Trinajstić information content (AvgIpc) is 2.75. The third-order valence-electron chi connectivity index (χ3n) is 4.20. The summed E-state index contributed by atoms with van der Waals surface area (Å²) in [5.41, 5.74) is 5.04. The molecule has 1 heteroatoms. The van der Waals surface area contributed by atoms with Crippen LogP contribution in [0.4, 0.5) is 0 Å². The van der Waals surface area contributed by atoms with Crippen molar-refractivity contribution in [2.75, 3.05) is 14.1 Å². The highest BCUT2D eigenvalue weighted by Gasteiger charge is 2.21. The van der Waals surface area contributed by atoms with Gasteiger partial charge in [0.1, 0.15) is 0 Å². The fraction of sp³-hybridized carbons (Fsp3) is 0.765. The number of hydrogen-bond acceptors (Lipinski definition) is 1. The van der Waals surface area contributed by atoms with Gasteiger partial charge in [0.15, 0.2) is 0 Å². The highest BCUT2D eigenvalue weighted by Crippen LogP contribution is 2.35. The van der Waals surface area contributed by atoms with Crippen LogP contribution in [0, 0.1) is 0 Å². The second-order valence-corrected chi connectivity index (χ2v) is 5.78. The van der Waals surface area contributed by atoms with Gasteiger partial charge >= 0.3 is 0 Å². The lowest BCUT2D eigenvalue weighted by Gasteiger charge is -2.24. The summed E-state index contributed by atoms with van der Waals surface area (Å²) in [6, 6.07) is 0.590. The monoisotopic (exact) mass is 249 g/mol. The van der Waals surface area contributed by atoms with E-state index in [-0.39, 0.29) is 0 Å². The minimum absolute atomic E-state index is 0.590. The Hall–Kier alpha value is -0.560. The first-order valence-electron chi connectivity index (χ1n) is 7.69. The van der Waals surface area contributed by atoms with Crippen molar-refractivity contribution >= 4 is 0 Å². The third-order valence-corrected chi connectivity index (χ3v) is 4.20. The number of likely N-dealkylation sites (N-methyl/N-ethyl adjacent to an activating group) is 1. The second kappa shape index (κ2) is 7.78. The Labute approximate surface area is 114 Å². The summed E-state index contributed by atoms with van der Waals surface area (Å²) >= 11 is 0. The Morgan fingerprint density at radius 2 is 1.72 bits per heavy atom. The van der Waals surface area contributed by atoms with Crippen LogP contribution in [0.5, 0.6) is 0 Å². The maximum atomic E-state index is 2.50. The molecule has 0 fully saturated rings. The summed E-state index contributed by atoms with van der Waals surface area (Å²) < 4.78 is 0. The van der Waals surface area contributed by atoms with Gasteiger partial charge in [-0.2, -0.15) is 0 Å². The van der Waals surface area contributed by atoms with Crippen molar-refractivity contribution in [1.29, 1.82) is 0 Å². The molecule has 1 atom stereocenters. The van der Waals surface area contributed by atoms with Crippen molar-refractivity contribution in [2.24, 2.45) is 0 Å². The Kier molecular flexibility index (Phi) is 6.70. The van der Waals surface area contributed by atoms with Gasteiger partial charge in [0, 0.05) is 6.04 Å². The van der Waals surface area contributed by atoms with Crippen molar-refractivity contribution in [2.45, 2.75) is 71.8 Å². The van der Waals surface area contributed by atoms with E-state index in [0.29, 0.717) is 6.04 Å². The van der Waals surface area contributed by atoms with Crippen LogP contribution in [-0.2, 0) is 0 Å². The molecular weight excluding hydrogens is 218 g/mol. The van der Waals surface area contributed by atoms with Gasteiger partial charge in [-0.1, -0.05) is 32.8 Å². The van der Waals surface area contributed by atoms with E-state index in [2.05, 4.69) is 45.8 Å². The standard InChI is InChI=1S/C17H31N/c1-6-8-10-15-12-13-16(14(3)18(4)5)17(15)11-9-7-2/h12,14H,6-11,13H2,1-5H3. The molecule has 1 nitrogen and oxygen atoms in total. The topological polar surface area (TPSA) is 3.24 Å². The molecule has 0 radical (unpaired) electrons. The summed E-state index contributed by atoms with van der Waals surface area (Å²) in [5.74, 6) is 0. The SMILES string of the molecule is CCCCC1=CCC(C(C)N(C)C)=C1CCCC. The summed E-state index contributed by atoms with van der Waals surface area (Å²) in [5, 5.41) is 0. The molecule has 0 saturated carbocycles. The number of rotatable bonds is 8. The first-order valence-corrected chi connectivity index (χ1v) is 7.69. The first-order chi connectivity index (χ1) is 8.61. The molecule has 0 amide bonds. The van der Waals surface area contributed by atoms with Gasteiger partial charge in [0.2, 0.25) is 0 Å². The molecule has 1 aliphatic carbocycles. The van der Waals surface area contributed by atoms with E-state index < -0.39 is 0 Å². The maximum absolute atomic E-state index is 2.50. The first kappa shape index (κ1) is 15.5. The predicted octanol–water partition coefficient (Wildman–Crippen LogP) is 4.94. The molecule has 0 N–H and O–H groups in total. The van der Waals surface area contributed by atoms with Crippen LogP contribution in [-0.4, -0.2) is 25.0 Å². The molecular formula is C17H31N. The lowest BCUT2D eigenvalue weighted by Crippen LogP contribution is -2.26. The molecule has 0 saturated heterocycles. The van der Waals surface area contributed by atoms with Crippen LogP contribution in [0.25, 0.3) is 0 Å². The number of unbranched alkanes of at least 4 members (excludes halogenated alkanes) is 2. The normalized spacial score (nSPS) is 17.6. The van der Waals surface area contributed by atoms with Gasteiger partial charge in [-0.3, -0.25) is 0 Å². The zero-order chi connectivity index (χ0) is 13.5. The van der Waals surface area contributed by atoms with Gasteiger partial charge in [-0.15, -0.1) is 0 Å². The van der Waals surface area contributed by atoms with E-state index in [9.17, 15) is 0 Å². The van der Waals surface area contributed by atoms with E-state index in [4.69, 9.17) is 0 Å². The summed E-state index contributed by atoms with van der Waals surface area (Å²) in [4.78, 5) is 2.35. The van der Waals surface area contributed by atoms with E-state index in [0.717, 1.165) is 0 Å². The van der Waals surface area contributed by atoms with Crippen molar-refractivity contribution in [3.63, 3.8) is 0 Å². The van der Waals surface area contributed by atoms with Crippen LogP contribution in [0.15, 0.2) is 22.8 Å². The lowest BCUT2D eigenvalue weighted by molar-refractivity contribution is 0.346. The Morgan fingerprint density at radius 1 is 1.11 bits per heavy atom. The van der Waals surface area contributed by atoms with Crippen LogP contribution >= 0.6 is 0 Å². The quantitative estimate of drug-likeness (QED) is 0.588. The van der Waals surface area contributed by atoms with Gasteiger partial charge in [-0.05, 0) is 69.8 Å². The molecule has 0 aromatic rings. The highest BCUT2D eigenvalue weighted by atomic mass is 15.1. The number of allylic oxidation sites excluding steroid dienone is 3. The maximum Gasteiger partial charge on any atom is 0.0282 e. The van der Waals surface area contributed by atoms with Crippen LogP contribution < -0.4 is 0 Å². The number of hydrogen-bond donors (Lipinski definition) is 0. The van der Waals surface area contributed by atoms with Gasteiger partial charge in [0.25, 0.3) is 0 Å². The van der Waals surface area contributed by atoms with E-state index in [1.807, 2.05) is 0 Å². The summed E-state index contributed by atoms with van der Waals surface area (Å²) in [6.45, 7) is 6.92. The molecule has 0 heterocycles. The van der Waals surface area contributed by atoms with Gasteiger partial charge < -0.3 is 4.90 Å². The smallest absolute Gasteiger partial charge is 0.0282 e. The molecule has 0 aromatic carbocycles. The summed E-state index contributed by atoms with van der Waals surface area (Å²) in [7, 11) is 4.39. The lowest BCUT2D eigenvalue weighted by atomic mass is 9.93. The van der Waals surface area contributed by atoms with Gasteiger partial charge in [0.05, 0.1) is 0 Å². The molecule has 1 aliphatic rings. The van der Waals surface area contributed by atoms with E-state index in [1.165, 1.54) is 44.9 Å². The van der Waals surface area contributed by atoms with Crippen LogP contribution in [0.3, 0.4) is 0 Å². The molecule has 1 unspecified atom stereocenters. The van der Waals surface area contributed by atoms with Crippen LogP contribution in [0.1, 0.15) is 65.7 Å². The Bertz CT molecular complexity index is 310. The third kappa shape index (κ3) is 3.98. The van der Waals surface area contributed by atoms with Crippen molar-refractivity contribution in [3.8, 4) is 0 Å². The minimum atomic E-state index is 0.590. The van der Waals surface area contributed by atoms with Crippen molar-refractivity contribution in [1.82, 2.24) is 4.90 Å². The zero-order valence-corrected chi connectivity index (χ0v) is 13.1. The fourth-order valence-corrected chi connectivity index (χ4v) is 2.72. The zero-order valence-electron chi connectivity index (χ0n) is 13.1. The second-order valence-electron chi connectivity index (χ2n) is 5.78. The van der Waals surface area contributed by atoms with Crippen LogP contribution in [0.2, 0.25) is 0 Å². The fourth-order valence-electron chi connectivity index (χ4n) is 2.72. The molecule has 0 spiro atoms. The molecule has 0 aromatic heterocycles. The predicted molar refractivity (Wildman–Crippen MR) is 81.9 cm³/mol. The van der Waals surface area contributed by atoms with Gasteiger partial charge in [-0.25, -0.2) is 0 Å². The minimum Gasteiger partial charge on any atom is -0.303 e. The molecule has 104 valence electrons. The average molecular weight is 249 g/mol. The van der Waals surface area contributed by atoms with Crippen molar-refractivity contribution in [3.05, 3.63) is 22.8 Å². The molecule has 0 aliphatic heterocycles. The van der Waals surface area contributed by atoms with Crippen molar-refractivity contribution < 1.29 is 0 Å². The Morgan fingerprint density at radius 3 is 2.28 bits per heavy atom. The van der Waals surface area contributed by atoms with E-state index in [1.54, 1.807) is 16.7 Å². The summed E-state index contributed by atoms with van der Waals surface area (Å²) in [6.07, 6.45) is 11.5. The Balaban J connectivity index is 2.81. The molecule has 0 bridgehead atoms. The number of nitrogens with zero attached hydrogens (tertiary/aromatic N) is 1. The molecule has 18 heavy (non-hydrogen) atoms. The van der Waals surface area contributed by atoms with E-state index >= 15 is 0 Å².